The number of carbonyl (C=O) groups is 2. The van der Waals surface area contributed by atoms with Crippen molar-refractivity contribution in [2.24, 2.45) is 0 Å². The van der Waals surface area contributed by atoms with Gasteiger partial charge in [-0.25, -0.2) is 9.59 Å². The number of rotatable bonds is 4. The lowest BCUT2D eigenvalue weighted by Gasteiger charge is -2.33. The van der Waals surface area contributed by atoms with Crippen LogP contribution in [0.25, 0.3) is 0 Å². The summed E-state index contributed by atoms with van der Waals surface area (Å²) in [5.41, 5.74) is -0.955. The first-order valence-corrected chi connectivity index (χ1v) is 5.66. The van der Waals surface area contributed by atoms with E-state index in [2.05, 4.69) is 4.74 Å². The van der Waals surface area contributed by atoms with Crippen LogP contribution in [0.15, 0.2) is 0 Å². The number of esters is 1. The largest absolute Gasteiger partial charge is 0.497 e. The Morgan fingerprint density at radius 1 is 1.26 bits per heavy atom. The van der Waals surface area contributed by atoms with Crippen LogP contribution in [0.4, 0.5) is 17.7 Å². The molecule has 0 heterocycles. The standard InChI is InChI=1S/C10H18BF3NO4/c1-7(8(16)18-5)15(6-11(12,13)14)9(17)19-10(2,3)4/h7H,6H2,1-5H3/q-1/t7-/m1/s1. The Morgan fingerprint density at radius 3 is 2.05 bits per heavy atom. The van der Waals surface area contributed by atoms with Crippen molar-refractivity contribution < 1.29 is 32.0 Å². The average molecular weight is 284 g/mol. The fourth-order valence-electron chi connectivity index (χ4n) is 1.23. The van der Waals surface area contributed by atoms with E-state index in [1.54, 1.807) is 0 Å². The molecule has 0 radical (unpaired) electrons. The van der Waals surface area contributed by atoms with Crippen LogP contribution in [0.2, 0.25) is 0 Å². The Kier molecular flexibility index (Phi) is 5.71. The molecule has 0 unspecified atom stereocenters. The van der Waals surface area contributed by atoms with Gasteiger partial charge in [0.25, 0.3) is 0 Å². The molecule has 0 saturated carbocycles. The van der Waals surface area contributed by atoms with Crippen molar-refractivity contribution in [2.45, 2.75) is 39.3 Å². The second-order valence-electron chi connectivity index (χ2n) is 5.04. The maximum atomic E-state index is 12.5. The highest BCUT2D eigenvalue weighted by atomic mass is 19.4. The lowest BCUT2D eigenvalue weighted by atomic mass is 9.90. The summed E-state index contributed by atoms with van der Waals surface area (Å²) in [6.07, 6.45) is -2.73. The smallest absolute Gasteiger partial charge is 0.467 e. The minimum atomic E-state index is -5.28. The average Bonchev–Trinajstić information content (AvgIpc) is 2.20. The molecule has 1 atom stereocenters. The van der Waals surface area contributed by atoms with Gasteiger partial charge in [-0.1, -0.05) is 0 Å². The van der Waals surface area contributed by atoms with Crippen molar-refractivity contribution in [3.63, 3.8) is 0 Å². The maximum absolute atomic E-state index is 12.5. The number of methoxy groups -OCH3 is 1. The highest BCUT2D eigenvalue weighted by Crippen LogP contribution is 2.17. The summed E-state index contributed by atoms with van der Waals surface area (Å²) in [5, 5.41) is 0. The molecule has 0 aliphatic carbocycles. The molecule has 0 aliphatic rings. The normalized spacial score (nSPS) is 13.7. The molecule has 0 fully saturated rings. The summed E-state index contributed by atoms with van der Waals surface area (Å²) in [6, 6.07) is -1.37. The van der Waals surface area contributed by atoms with Gasteiger partial charge in [0.2, 0.25) is 0 Å². The highest BCUT2D eigenvalue weighted by Gasteiger charge is 2.36. The Labute approximate surface area is 110 Å². The van der Waals surface area contributed by atoms with Crippen molar-refractivity contribution in [1.82, 2.24) is 4.90 Å². The van der Waals surface area contributed by atoms with Crippen LogP contribution in [-0.4, -0.2) is 49.1 Å². The molecule has 9 heteroatoms. The maximum Gasteiger partial charge on any atom is 0.497 e. The van der Waals surface area contributed by atoms with E-state index in [4.69, 9.17) is 4.74 Å². The fourth-order valence-corrected chi connectivity index (χ4v) is 1.23. The van der Waals surface area contributed by atoms with E-state index in [0.717, 1.165) is 14.0 Å². The first-order chi connectivity index (χ1) is 8.37. The van der Waals surface area contributed by atoms with Crippen LogP contribution in [0, 0.1) is 0 Å². The van der Waals surface area contributed by atoms with Gasteiger partial charge in [0, 0.05) is 0 Å². The predicted molar refractivity (Wildman–Crippen MR) is 63.5 cm³/mol. The lowest BCUT2D eigenvalue weighted by Crippen LogP contribution is -2.51. The number of ether oxygens (including phenoxy) is 2. The summed E-state index contributed by atoms with van der Waals surface area (Å²) in [6.45, 7) is 0.426. The SMILES string of the molecule is COC(=O)[C@@H](C)N(C[B-](F)(F)F)C(=O)OC(C)(C)C. The van der Waals surface area contributed by atoms with E-state index in [9.17, 15) is 22.5 Å². The minimum absolute atomic E-state index is 0.317. The molecular formula is C10H18BF3NO4-. The number of nitrogens with zero attached hydrogens (tertiary/aromatic N) is 1. The molecule has 0 saturated heterocycles. The van der Waals surface area contributed by atoms with Crippen molar-refractivity contribution in [2.75, 3.05) is 13.6 Å². The van der Waals surface area contributed by atoms with E-state index in [1.807, 2.05) is 0 Å². The second kappa shape index (κ2) is 6.16. The third-order valence-electron chi connectivity index (χ3n) is 2.04. The quantitative estimate of drug-likeness (QED) is 0.586. The first kappa shape index (κ1) is 17.6. The third-order valence-corrected chi connectivity index (χ3v) is 2.04. The Bertz CT molecular complexity index is 341. The van der Waals surface area contributed by atoms with E-state index >= 15 is 0 Å². The molecule has 0 bridgehead atoms. The molecule has 5 nitrogen and oxygen atoms in total. The molecule has 1 amide bonds. The van der Waals surface area contributed by atoms with Gasteiger partial charge in [0.15, 0.2) is 0 Å². The Hall–Kier alpha value is -1.41. The number of amides is 1. The number of hydrogen-bond acceptors (Lipinski definition) is 4. The van der Waals surface area contributed by atoms with Gasteiger partial charge >= 0.3 is 19.0 Å². The molecule has 0 N–H and O–H groups in total. The molecule has 0 aromatic rings. The second-order valence-corrected chi connectivity index (χ2v) is 5.04. The zero-order valence-corrected chi connectivity index (χ0v) is 11.6. The Balaban J connectivity index is 5.06. The number of halogens is 3. The van der Waals surface area contributed by atoms with Crippen molar-refractivity contribution in [3.8, 4) is 0 Å². The van der Waals surface area contributed by atoms with E-state index < -0.39 is 37.1 Å². The molecular weight excluding hydrogens is 266 g/mol. The molecule has 0 aliphatic heterocycles. The number of hydrogen-bond donors (Lipinski definition) is 0. The predicted octanol–water partition coefficient (Wildman–Crippen LogP) is 2.17. The van der Waals surface area contributed by atoms with Crippen molar-refractivity contribution >= 4 is 19.0 Å². The van der Waals surface area contributed by atoms with Gasteiger partial charge in [-0.05, 0) is 34.1 Å². The fraction of sp³-hybridized carbons (Fsp3) is 0.800. The molecule has 19 heavy (non-hydrogen) atoms. The zero-order chi connectivity index (χ0) is 15.4. The summed E-state index contributed by atoms with van der Waals surface area (Å²) in [7, 11) is 1.03. The number of carbonyl (C=O) groups excluding carboxylic acids is 2. The molecule has 0 aromatic heterocycles. The van der Waals surface area contributed by atoms with Crippen LogP contribution >= 0.6 is 0 Å². The van der Waals surface area contributed by atoms with Crippen molar-refractivity contribution in [3.05, 3.63) is 0 Å². The van der Waals surface area contributed by atoms with Gasteiger partial charge in [0.05, 0.1) is 7.11 Å². The topological polar surface area (TPSA) is 55.8 Å². The van der Waals surface area contributed by atoms with E-state index in [1.165, 1.54) is 20.8 Å². The lowest BCUT2D eigenvalue weighted by molar-refractivity contribution is -0.145. The third kappa shape index (κ3) is 6.92. The Morgan fingerprint density at radius 2 is 1.74 bits per heavy atom. The van der Waals surface area contributed by atoms with E-state index in [-0.39, 0.29) is 0 Å². The van der Waals surface area contributed by atoms with Gasteiger partial charge in [-0.2, -0.15) is 0 Å². The van der Waals surface area contributed by atoms with Gasteiger partial charge in [0.1, 0.15) is 11.6 Å². The minimum Gasteiger partial charge on any atom is -0.467 e. The molecule has 0 aromatic carbocycles. The summed E-state index contributed by atoms with van der Waals surface area (Å²) in [4.78, 5) is 23.3. The molecule has 112 valence electrons. The van der Waals surface area contributed by atoms with Gasteiger partial charge in [-0.15, -0.1) is 0 Å². The van der Waals surface area contributed by atoms with Crippen LogP contribution in [0.5, 0.6) is 0 Å². The monoisotopic (exact) mass is 284 g/mol. The summed E-state index contributed by atoms with van der Waals surface area (Å²) in [5.74, 6) is -0.939. The van der Waals surface area contributed by atoms with Crippen LogP contribution in [-0.2, 0) is 14.3 Å². The first-order valence-electron chi connectivity index (χ1n) is 5.66. The summed E-state index contributed by atoms with van der Waals surface area (Å²) < 4.78 is 46.7. The van der Waals surface area contributed by atoms with Gasteiger partial charge < -0.3 is 27.3 Å². The summed E-state index contributed by atoms with van der Waals surface area (Å²) >= 11 is 0. The van der Waals surface area contributed by atoms with Crippen LogP contribution < -0.4 is 0 Å². The van der Waals surface area contributed by atoms with Gasteiger partial charge in [-0.3, -0.25) is 0 Å². The molecule has 0 rings (SSSR count). The zero-order valence-electron chi connectivity index (χ0n) is 11.6. The van der Waals surface area contributed by atoms with Crippen molar-refractivity contribution in [1.29, 1.82) is 0 Å². The van der Waals surface area contributed by atoms with Crippen LogP contribution in [0.1, 0.15) is 27.7 Å². The molecule has 0 spiro atoms. The van der Waals surface area contributed by atoms with Crippen LogP contribution in [0.3, 0.4) is 0 Å². The van der Waals surface area contributed by atoms with E-state index in [0.29, 0.717) is 4.90 Å². The highest BCUT2D eigenvalue weighted by molar-refractivity contribution is 6.58.